The molecule has 2 aromatic carbocycles. The summed E-state index contributed by atoms with van der Waals surface area (Å²) in [4.78, 5) is 12.3. The summed E-state index contributed by atoms with van der Waals surface area (Å²) in [7, 11) is 0. The first-order valence-electron chi connectivity index (χ1n) is 8.67. The Bertz CT molecular complexity index is 930. The topological polar surface area (TPSA) is 28.5 Å². The molecule has 0 saturated carbocycles. The molecule has 0 amide bonds. The van der Waals surface area contributed by atoms with E-state index in [1.54, 1.807) is 0 Å². The lowest BCUT2D eigenvalue weighted by Crippen LogP contribution is -2.31. The van der Waals surface area contributed by atoms with Crippen LogP contribution in [0.15, 0.2) is 65.7 Å². The number of pyridine rings is 1. The second-order valence-electron chi connectivity index (χ2n) is 6.59. The van der Waals surface area contributed by atoms with Crippen molar-refractivity contribution in [2.75, 3.05) is 13.1 Å². The summed E-state index contributed by atoms with van der Waals surface area (Å²) in [6.45, 7) is 2.06. The molecule has 2 aliphatic rings. The second-order valence-corrected chi connectivity index (χ2v) is 6.59. The van der Waals surface area contributed by atoms with E-state index in [1.165, 1.54) is 23.8 Å². The van der Waals surface area contributed by atoms with Crippen LogP contribution in [-0.4, -0.2) is 34.9 Å². The molecule has 1 saturated heterocycles. The van der Waals surface area contributed by atoms with E-state index in [1.807, 2.05) is 6.07 Å². The molecular weight excluding hydrogens is 294 g/mol. The van der Waals surface area contributed by atoms with E-state index in [2.05, 4.69) is 59.5 Å². The second kappa shape index (κ2) is 5.45. The van der Waals surface area contributed by atoms with E-state index in [9.17, 15) is 0 Å². The number of benzene rings is 2. The molecule has 5 rings (SSSR count). The Hall–Kier alpha value is -2.68. The highest BCUT2D eigenvalue weighted by molar-refractivity contribution is 6.10. The number of hydrogen-bond acceptors (Lipinski definition) is 3. The summed E-state index contributed by atoms with van der Waals surface area (Å²) < 4.78 is 0. The number of rotatable bonds is 2. The minimum absolute atomic E-state index is 0.604. The quantitative estimate of drug-likeness (QED) is 0.712. The summed E-state index contributed by atoms with van der Waals surface area (Å²) in [5, 5.41) is 1.20. The molecule has 118 valence electrons. The fraction of sp³-hybridized carbons (Fsp3) is 0.238. The van der Waals surface area contributed by atoms with Crippen LogP contribution in [-0.2, 0) is 0 Å². The van der Waals surface area contributed by atoms with Crippen molar-refractivity contribution in [1.29, 1.82) is 0 Å². The Labute approximate surface area is 141 Å². The van der Waals surface area contributed by atoms with Gasteiger partial charge in [-0.25, -0.2) is 4.98 Å². The highest BCUT2D eigenvalue weighted by atomic mass is 15.3. The zero-order valence-corrected chi connectivity index (χ0v) is 13.5. The first-order valence-corrected chi connectivity index (χ1v) is 8.67. The number of amidine groups is 1. The third-order valence-electron chi connectivity index (χ3n) is 5.13. The van der Waals surface area contributed by atoms with Crippen molar-refractivity contribution in [2.45, 2.75) is 18.9 Å². The van der Waals surface area contributed by atoms with Crippen LogP contribution in [0.1, 0.15) is 18.4 Å². The smallest absolute Gasteiger partial charge is 0.132 e. The third kappa shape index (κ3) is 2.12. The Balaban J connectivity index is 1.72. The predicted octanol–water partition coefficient (Wildman–Crippen LogP) is 4.13. The van der Waals surface area contributed by atoms with Gasteiger partial charge in [-0.15, -0.1) is 0 Å². The molecule has 3 nitrogen and oxygen atoms in total. The van der Waals surface area contributed by atoms with E-state index >= 15 is 0 Å². The predicted molar refractivity (Wildman–Crippen MR) is 98.3 cm³/mol. The molecule has 0 bridgehead atoms. The van der Waals surface area contributed by atoms with Crippen molar-refractivity contribution in [2.24, 2.45) is 4.99 Å². The molecule has 0 N–H and O–H groups in total. The minimum Gasteiger partial charge on any atom is -0.352 e. The fourth-order valence-electron chi connectivity index (χ4n) is 3.94. The van der Waals surface area contributed by atoms with Crippen molar-refractivity contribution in [1.82, 2.24) is 9.88 Å². The molecule has 3 heteroatoms. The van der Waals surface area contributed by atoms with Crippen molar-refractivity contribution in [3.05, 3.63) is 66.2 Å². The Morgan fingerprint density at radius 1 is 0.958 bits per heavy atom. The largest absolute Gasteiger partial charge is 0.352 e. The summed E-state index contributed by atoms with van der Waals surface area (Å²) in [5.41, 5.74) is 4.44. The van der Waals surface area contributed by atoms with Gasteiger partial charge >= 0.3 is 0 Å². The summed E-state index contributed by atoms with van der Waals surface area (Å²) in [5.74, 6) is 1.16. The van der Waals surface area contributed by atoms with Gasteiger partial charge in [0.1, 0.15) is 5.84 Å². The lowest BCUT2D eigenvalue weighted by Gasteiger charge is -2.21. The third-order valence-corrected chi connectivity index (χ3v) is 5.13. The van der Waals surface area contributed by atoms with Crippen LogP contribution in [0.25, 0.3) is 22.2 Å². The van der Waals surface area contributed by atoms with Crippen LogP contribution >= 0.6 is 0 Å². The minimum atomic E-state index is 0.604. The molecular formula is C21H19N3. The highest BCUT2D eigenvalue weighted by Gasteiger charge is 2.33. The van der Waals surface area contributed by atoms with Gasteiger partial charge in [-0.2, -0.15) is 0 Å². The SMILES string of the molecule is c1ccc(-c2cc(C3=NC[C@@H]4CCCN34)c3ccccc3n2)cc1. The Kier molecular flexibility index (Phi) is 3.12. The van der Waals surface area contributed by atoms with Crippen LogP contribution < -0.4 is 0 Å². The molecule has 1 fully saturated rings. The van der Waals surface area contributed by atoms with E-state index < -0.39 is 0 Å². The standard InChI is InChI=1S/C21H19N3/c1-2-7-15(8-3-1)20-13-18(17-10-4-5-11-19(17)23-20)21-22-14-16-9-6-12-24(16)21/h1-5,7-8,10-11,13,16H,6,9,12,14H2/t16-/m0/s1. The summed E-state index contributed by atoms with van der Waals surface area (Å²) in [6.07, 6.45) is 2.54. The first-order chi connectivity index (χ1) is 11.9. The van der Waals surface area contributed by atoms with Gasteiger partial charge in [0, 0.05) is 23.1 Å². The molecule has 3 aromatic rings. The van der Waals surface area contributed by atoms with E-state index in [0.29, 0.717) is 6.04 Å². The molecule has 3 heterocycles. The van der Waals surface area contributed by atoms with Crippen LogP contribution in [0, 0.1) is 0 Å². The Morgan fingerprint density at radius 3 is 2.71 bits per heavy atom. The summed E-state index contributed by atoms with van der Waals surface area (Å²) >= 11 is 0. The number of fused-ring (bicyclic) bond motifs is 2. The van der Waals surface area contributed by atoms with Crippen LogP contribution in [0.3, 0.4) is 0 Å². The molecule has 1 atom stereocenters. The average molecular weight is 313 g/mol. The van der Waals surface area contributed by atoms with Crippen molar-refractivity contribution < 1.29 is 0 Å². The lowest BCUT2D eigenvalue weighted by atomic mass is 10.0. The van der Waals surface area contributed by atoms with Gasteiger partial charge in [-0.05, 0) is 25.0 Å². The normalized spacial score (nSPS) is 19.6. The van der Waals surface area contributed by atoms with E-state index in [-0.39, 0.29) is 0 Å². The molecule has 0 radical (unpaired) electrons. The van der Waals surface area contributed by atoms with Crippen molar-refractivity contribution in [3.63, 3.8) is 0 Å². The van der Waals surface area contributed by atoms with E-state index in [4.69, 9.17) is 9.98 Å². The van der Waals surface area contributed by atoms with Crippen LogP contribution in [0.4, 0.5) is 0 Å². The van der Waals surface area contributed by atoms with E-state index in [0.717, 1.165) is 35.7 Å². The van der Waals surface area contributed by atoms with Crippen LogP contribution in [0.2, 0.25) is 0 Å². The van der Waals surface area contributed by atoms with Gasteiger partial charge in [0.25, 0.3) is 0 Å². The molecule has 1 aromatic heterocycles. The number of aliphatic imine (C=N–C) groups is 1. The molecule has 0 aliphatic carbocycles. The monoisotopic (exact) mass is 313 g/mol. The number of para-hydroxylation sites is 1. The maximum absolute atomic E-state index is 4.89. The Morgan fingerprint density at radius 2 is 1.79 bits per heavy atom. The maximum Gasteiger partial charge on any atom is 0.132 e. The van der Waals surface area contributed by atoms with Crippen LogP contribution in [0.5, 0.6) is 0 Å². The summed E-state index contributed by atoms with van der Waals surface area (Å²) in [6, 6.07) is 21.7. The van der Waals surface area contributed by atoms with Gasteiger partial charge < -0.3 is 4.90 Å². The first kappa shape index (κ1) is 13.7. The van der Waals surface area contributed by atoms with Gasteiger partial charge in [-0.1, -0.05) is 48.5 Å². The van der Waals surface area contributed by atoms with Gasteiger partial charge in [0.2, 0.25) is 0 Å². The van der Waals surface area contributed by atoms with Crippen molar-refractivity contribution >= 4 is 16.7 Å². The lowest BCUT2D eigenvalue weighted by molar-refractivity contribution is 0.431. The van der Waals surface area contributed by atoms with Crippen molar-refractivity contribution in [3.8, 4) is 11.3 Å². The van der Waals surface area contributed by atoms with Gasteiger partial charge in [0.15, 0.2) is 0 Å². The zero-order chi connectivity index (χ0) is 15.9. The van der Waals surface area contributed by atoms with Gasteiger partial charge in [-0.3, -0.25) is 4.99 Å². The van der Waals surface area contributed by atoms with Gasteiger partial charge in [0.05, 0.1) is 23.8 Å². The molecule has 0 spiro atoms. The maximum atomic E-state index is 4.89. The number of hydrogen-bond donors (Lipinski definition) is 0. The number of aromatic nitrogens is 1. The number of nitrogens with zero attached hydrogens (tertiary/aromatic N) is 3. The average Bonchev–Trinajstić information content (AvgIpc) is 3.25. The molecule has 0 unspecified atom stereocenters. The molecule has 24 heavy (non-hydrogen) atoms. The molecule has 2 aliphatic heterocycles. The zero-order valence-electron chi connectivity index (χ0n) is 13.5. The highest BCUT2D eigenvalue weighted by Crippen LogP contribution is 2.31. The fourth-order valence-corrected chi connectivity index (χ4v) is 3.94.